The van der Waals surface area contributed by atoms with Crippen molar-refractivity contribution in [2.75, 3.05) is 19.6 Å². The Bertz CT molecular complexity index is 699. The van der Waals surface area contributed by atoms with Crippen LogP contribution in [-0.2, 0) is 19.2 Å². The van der Waals surface area contributed by atoms with Crippen molar-refractivity contribution < 1.29 is 24.3 Å². The van der Waals surface area contributed by atoms with Crippen molar-refractivity contribution in [1.82, 2.24) is 14.7 Å². The smallest absolute Gasteiger partial charge is 0.326 e. The molecule has 3 N–H and O–H groups in total. The van der Waals surface area contributed by atoms with Crippen LogP contribution in [-0.4, -0.2) is 87.3 Å². The lowest BCUT2D eigenvalue weighted by molar-refractivity contribution is -0.153. The molecule has 3 aliphatic heterocycles. The highest BCUT2D eigenvalue weighted by Gasteiger charge is 2.46. The Morgan fingerprint density at radius 2 is 1.30 bits per heavy atom. The summed E-state index contributed by atoms with van der Waals surface area (Å²) in [5.41, 5.74) is 6.14. The van der Waals surface area contributed by atoms with Gasteiger partial charge < -0.3 is 25.5 Å². The Labute approximate surface area is 177 Å². The zero-order chi connectivity index (χ0) is 22.0. The number of nitrogens with two attached hydrogens (primary N) is 1. The minimum atomic E-state index is -0.997. The summed E-state index contributed by atoms with van der Waals surface area (Å²) in [6.07, 6.45) is 4.40. The quantitative estimate of drug-likeness (QED) is 0.639. The van der Waals surface area contributed by atoms with Crippen LogP contribution in [0, 0.1) is 5.92 Å². The van der Waals surface area contributed by atoms with Crippen LogP contribution in [0.4, 0.5) is 0 Å². The molecule has 0 aromatic heterocycles. The Kier molecular flexibility index (Phi) is 7.00. The van der Waals surface area contributed by atoms with E-state index in [4.69, 9.17) is 5.73 Å². The van der Waals surface area contributed by atoms with E-state index in [2.05, 4.69) is 0 Å². The van der Waals surface area contributed by atoms with Gasteiger partial charge in [0.2, 0.25) is 17.7 Å². The minimum Gasteiger partial charge on any atom is -0.480 e. The highest BCUT2D eigenvalue weighted by Crippen LogP contribution is 2.29. The van der Waals surface area contributed by atoms with E-state index in [0.717, 1.165) is 12.8 Å². The summed E-state index contributed by atoms with van der Waals surface area (Å²) < 4.78 is 0. The molecule has 0 aromatic carbocycles. The van der Waals surface area contributed by atoms with Gasteiger partial charge in [-0.1, -0.05) is 20.3 Å². The van der Waals surface area contributed by atoms with Crippen molar-refractivity contribution in [2.45, 2.75) is 83.0 Å². The zero-order valence-electron chi connectivity index (χ0n) is 18.0. The van der Waals surface area contributed by atoms with Gasteiger partial charge >= 0.3 is 5.97 Å². The Hall–Kier alpha value is -2.16. The van der Waals surface area contributed by atoms with Gasteiger partial charge in [0.1, 0.15) is 18.1 Å². The normalized spacial score (nSPS) is 28.6. The number of aliphatic carboxylic acids is 1. The lowest BCUT2D eigenvalue weighted by atomic mass is 9.98. The van der Waals surface area contributed by atoms with Crippen LogP contribution in [0.15, 0.2) is 0 Å². The second-order valence-electron chi connectivity index (χ2n) is 8.82. The molecule has 0 spiro atoms. The average Bonchev–Trinajstić information content (AvgIpc) is 3.49. The number of carboxylic acids is 1. The van der Waals surface area contributed by atoms with Crippen LogP contribution in [0.25, 0.3) is 0 Å². The number of carbonyl (C=O) groups excluding carboxylic acids is 3. The highest BCUT2D eigenvalue weighted by atomic mass is 16.4. The molecule has 3 saturated heterocycles. The van der Waals surface area contributed by atoms with Crippen molar-refractivity contribution in [3.05, 3.63) is 0 Å². The predicted octanol–water partition coefficient (Wildman–Crippen LogP) is 0.417. The van der Waals surface area contributed by atoms with Crippen LogP contribution in [0.5, 0.6) is 0 Å². The SMILES string of the molecule is CCC(C)C(N)C(=O)N1CCCC1C(=O)N1CCCC1C(=O)N1CCCC1C(=O)O. The van der Waals surface area contributed by atoms with E-state index >= 15 is 0 Å². The summed E-state index contributed by atoms with van der Waals surface area (Å²) in [6.45, 7) is 5.27. The highest BCUT2D eigenvalue weighted by molar-refractivity contribution is 5.95. The van der Waals surface area contributed by atoms with Gasteiger partial charge in [0.05, 0.1) is 6.04 Å². The molecule has 3 amide bonds. The summed E-state index contributed by atoms with van der Waals surface area (Å²) in [7, 11) is 0. The van der Waals surface area contributed by atoms with Crippen LogP contribution in [0.1, 0.15) is 58.8 Å². The molecule has 0 aromatic rings. The lowest BCUT2D eigenvalue weighted by Gasteiger charge is -2.34. The first kappa shape index (κ1) is 22.5. The van der Waals surface area contributed by atoms with E-state index in [-0.39, 0.29) is 23.6 Å². The predicted molar refractivity (Wildman–Crippen MR) is 109 cm³/mol. The molecule has 9 nitrogen and oxygen atoms in total. The molecule has 5 unspecified atom stereocenters. The molecular weight excluding hydrogens is 388 g/mol. The molecule has 3 heterocycles. The van der Waals surface area contributed by atoms with Crippen LogP contribution in [0.3, 0.4) is 0 Å². The molecule has 0 aliphatic carbocycles. The number of nitrogens with zero attached hydrogens (tertiary/aromatic N) is 3. The number of amides is 3. The standard InChI is InChI=1S/C21H34N4O5/c1-3-13(2)17(22)20(28)24-11-5-8-15(24)18(26)23-10-4-7-14(23)19(27)25-12-6-9-16(25)21(29)30/h13-17H,3-12,22H2,1-2H3,(H,29,30). The number of carboxylic acid groups (broad SMARTS) is 1. The lowest BCUT2D eigenvalue weighted by Crippen LogP contribution is -2.56. The van der Waals surface area contributed by atoms with Gasteiger partial charge in [-0.05, 0) is 44.4 Å². The van der Waals surface area contributed by atoms with E-state index in [1.54, 1.807) is 9.80 Å². The number of carbonyl (C=O) groups is 4. The van der Waals surface area contributed by atoms with E-state index in [1.165, 1.54) is 4.90 Å². The maximum absolute atomic E-state index is 13.4. The van der Waals surface area contributed by atoms with Crippen LogP contribution >= 0.6 is 0 Å². The summed E-state index contributed by atoms with van der Waals surface area (Å²) >= 11 is 0. The second kappa shape index (κ2) is 9.32. The fourth-order valence-electron chi connectivity index (χ4n) is 4.93. The largest absolute Gasteiger partial charge is 0.480 e. The molecule has 3 aliphatic rings. The zero-order valence-corrected chi connectivity index (χ0v) is 18.0. The Morgan fingerprint density at radius 1 is 0.867 bits per heavy atom. The van der Waals surface area contributed by atoms with Crippen LogP contribution in [0.2, 0.25) is 0 Å². The number of likely N-dealkylation sites (tertiary alicyclic amines) is 3. The van der Waals surface area contributed by atoms with Crippen molar-refractivity contribution in [3.63, 3.8) is 0 Å². The van der Waals surface area contributed by atoms with Gasteiger partial charge in [0, 0.05) is 19.6 Å². The van der Waals surface area contributed by atoms with Crippen molar-refractivity contribution in [1.29, 1.82) is 0 Å². The first-order valence-corrected chi connectivity index (χ1v) is 11.2. The first-order chi connectivity index (χ1) is 14.3. The van der Waals surface area contributed by atoms with Gasteiger partial charge in [0.25, 0.3) is 0 Å². The van der Waals surface area contributed by atoms with E-state index < -0.39 is 30.1 Å². The van der Waals surface area contributed by atoms with E-state index in [0.29, 0.717) is 51.7 Å². The monoisotopic (exact) mass is 422 g/mol. The maximum Gasteiger partial charge on any atom is 0.326 e. The molecule has 168 valence electrons. The Morgan fingerprint density at radius 3 is 1.80 bits per heavy atom. The van der Waals surface area contributed by atoms with E-state index in [9.17, 15) is 24.3 Å². The third kappa shape index (κ3) is 4.17. The van der Waals surface area contributed by atoms with Gasteiger partial charge in [-0.25, -0.2) is 4.79 Å². The third-order valence-electron chi connectivity index (χ3n) is 7.00. The van der Waals surface area contributed by atoms with Gasteiger partial charge in [-0.15, -0.1) is 0 Å². The summed E-state index contributed by atoms with van der Waals surface area (Å²) in [6, 6.07) is -2.68. The molecule has 0 radical (unpaired) electrons. The molecule has 0 bridgehead atoms. The molecule has 5 atom stereocenters. The first-order valence-electron chi connectivity index (χ1n) is 11.2. The molecule has 9 heteroatoms. The second-order valence-corrected chi connectivity index (χ2v) is 8.82. The molecule has 30 heavy (non-hydrogen) atoms. The molecular formula is C21H34N4O5. The molecule has 0 saturated carbocycles. The summed E-state index contributed by atoms with van der Waals surface area (Å²) in [5.74, 6) is -1.66. The van der Waals surface area contributed by atoms with Gasteiger partial charge in [-0.2, -0.15) is 0 Å². The number of hydrogen-bond acceptors (Lipinski definition) is 5. The van der Waals surface area contributed by atoms with Crippen molar-refractivity contribution >= 4 is 23.7 Å². The van der Waals surface area contributed by atoms with Gasteiger partial charge in [-0.3, -0.25) is 14.4 Å². The fraction of sp³-hybridized carbons (Fsp3) is 0.810. The molecule has 3 fully saturated rings. The van der Waals surface area contributed by atoms with E-state index in [1.807, 2.05) is 13.8 Å². The fourth-order valence-corrected chi connectivity index (χ4v) is 4.93. The molecule has 3 rings (SSSR count). The van der Waals surface area contributed by atoms with Crippen molar-refractivity contribution in [3.8, 4) is 0 Å². The average molecular weight is 423 g/mol. The summed E-state index contributed by atoms with van der Waals surface area (Å²) in [5, 5.41) is 9.41. The maximum atomic E-state index is 13.4. The number of hydrogen-bond donors (Lipinski definition) is 2. The van der Waals surface area contributed by atoms with Gasteiger partial charge in [0.15, 0.2) is 0 Å². The summed E-state index contributed by atoms with van der Waals surface area (Å²) in [4.78, 5) is 55.5. The Balaban J connectivity index is 1.72. The number of rotatable bonds is 6. The topological polar surface area (TPSA) is 124 Å². The third-order valence-corrected chi connectivity index (χ3v) is 7.00. The van der Waals surface area contributed by atoms with Crippen molar-refractivity contribution in [2.24, 2.45) is 11.7 Å². The minimum absolute atomic E-state index is 0.0260. The van der Waals surface area contributed by atoms with Crippen LogP contribution < -0.4 is 5.73 Å².